The lowest BCUT2D eigenvalue weighted by molar-refractivity contribution is 1.18. The Balaban J connectivity index is 0.938. The van der Waals surface area contributed by atoms with E-state index in [1.165, 1.54) is 93.2 Å². The Kier molecular flexibility index (Phi) is 8.53. The Labute approximate surface area is 360 Å². The van der Waals surface area contributed by atoms with Crippen molar-refractivity contribution < 1.29 is 0 Å². The third-order valence-electron chi connectivity index (χ3n) is 12.6. The number of anilines is 3. The number of fused-ring (bicyclic) bond motifs is 7. The Bertz CT molecular complexity index is 3570. The van der Waals surface area contributed by atoms with Gasteiger partial charge in [-0.1, -0.05) is 182 Å². The van der Waals surface area contributed by atoms with Crippen LogP contribution in [0.5, 0.6) is 0 Å². The number of aromatic nitrogens is 1. The van der Waals surface area contributed by atoms with Gasteiger partial charge >= 0.3 is 0 Å². The fraction of sp³-hybridized carbons (Fsp3) is 0. The fourth-order valence-corrected chi connectivity index (χ4v) is 9.62. The number of hydrogen-bond donors (Lipinski definition) is 0. The van der Waals surface area contributed by atoms with Crippen molar-refractivity contribution in [2.45, 2.75) is 0 Å². The molecule has 0 spiro atoms. The van der Waals surface area contributed by atoms with Crippen molar-refractivity contribution >= 4 is 71.2 Å². The molecule has 0 saturated heterocycles. The molecule has 2 nitrogen and oxygen atoms in total. The Morgan fingerprint density at radius 3 is 1.50 bits per heavy atom. The van der Waals surface area contributed by atoms with Crippen molar-refractivity contribution in [2.75, 3.05) is 4.90 Å². The van der Waals surface area contributed by atoms with Crippen molar-refractivity contribution in [3.63, 3.8) is 0 Å². The van der Waals surface area contributed by atoms with Gasteiger partial charge in [-0.2, -0.15) is 0 Å². The van der Waals surface area contributed by atoms with E-state index in [0.29, 0.717) is 0 Å². The van der Waals surface area contributed by atoms with Crippen LogP contribution < -0.4 is 4.90 Å². The monoisotopic (exact) mass is 788 g/mol. The highest BCUT2D eigenvalue weighted by atomic mass is 15.1. The van der Waals surface area contributed by atoms with Crippen LogP contribution in [-0.4, -0.2) is 4.57 Å². The van der Waals surface area contributed by atoms with Crippen LogP contribution in [0.4, 0.5) is 17.1 Å². The summed E-state index contributed by atoms with van der Waals surface area (Å²) >= 11 is 0. The van der Waals surface area contributed by atoms with E-state index in [1.807, 2.05) is 0 Å². The average molecular weight is 789 g/mol. The predicted molar refractivity (Wildman–Crippen MR) is 264 cm³/mol. The second-order valence-corrected chi connectivity index (χ2v) is 16.1. The second kappa shape index (κ2) is 14.8. The van der Waals surface area contributed by atoms with Crippen LogP contribution in [0.1, 0.15) is 0 Å². The zero-order chi connectivity index (χ0) is 41.0. The van der Waals surface area contributed by atoms with Gasteiger partial charge in [0.05, 0.1) is 16.7 Å². The molecule has 0 saturated carbocycles. The van der Waals surface area contributed by atoms with Gasteiger partial charge in [-0.15, -0.1) is 0 Å². The minimum Gasteiger partial charge on any atom is -0.310 e. The van der Waals surface area contributed by atoms with Crippen LogP contribution in [-0.2, 0) is 0 Å². The number of nitrogens with zero attached hydrogens (tertiary/aromatic N) is 2. The Hall–Kier alpha value is -8.20. The summed E-state index contributed by atoms with van der Waals surface area (Å²) in [6.07, 6.45) is 0. The van der Waals surface area contributed by atoms with Crippen LogP contribution in [0.2, 0.25) is 0 Å². The Morgan fingerprint density at radius 2 is 0.758 bits per heavy atom. The van der Waals surface area contributed by atoms with E-state index < -0.39 is 0 Å². The molecule has 0 amide bonds. The zero-order valence-electron chi connectivity index (χ0n) is 34.0. The highest BCUT2D eigenvalue weighted by Gasteiger charge is 2.17. The van der Waals surface area contributed by atoms with Crippen molar-refractivity contribution in [2.24, 2.45) is 0 Å². The molecule has 12 rings (SSSR count). The zero-order valence-corrected chi connectivity index (χ0v) is 34.0. The van der Waals surface area contributed by atoms with E-state index in [9.17, 15) is 0 Å². The largest absolute Gasteiger partial charge is 0.310 e. The van der Waals surface area contributed by atoms with E-state index in [0.717, 1.165) is 17.1 Å². The first-order valence-corrected chi connectivity index (χ1v) is 21.3. The summed E-state index contributed by atoms with van der Waals surface area (Å²) in [5, 5.41) is 10.0. The molecule has 0 aliphatic heterocycles. The summed E-state index contributed by atoms with van der Waals surface area (Å²) in [5.41, 5.74) is 14.1. The van der Waals surface area contributed by atoms with Gasteiger partial charge in [0.25, 0.3) is 0 Å². The summed E-state index contributed by atoms with van der Waals surface area (Å²) in [6.45, 7) is 0. The van der Waals surface area contributed by atoms with Gasteiger partial charge in [0, 0.05) is 33.4 Å². The number of rotatable bonds is 7. The van der Waals surface area contributed by atoms with Crippen molar-refractivity contribution in [3.8, 4) is 39.1 Å². The van der Waals surface area contributed by atoms with Crippen LogP contribution >= 0.6 is 0 Å². The number of benzene rings is 11. The van der Waals surface area contributed by atoms with E-state index in [1.54, 1.807) is 0 Å². The molecule has 62 heavy (non-hydrogen) atoms. The maximum atomic E-state index is 2.42. The maximum absolute atomic E-state index is 2.42. The smallest absolute Gasteiger partial charge is 0.0541 e. The molecule has 0 bridgehead atoms. The van der Waals surface area contributed by atoms with Crippen molar-refractivity contribution in [1.29, 1.82) is 0 Å². The van der Waals surface area contributed by atoms with Crippen LogP contribution in [0.3, 0.4) is 0 Å². The van der Waals surface area contributed by atoms with E-state index >= 15 is 0 Å². The average Bonchev–Trinajstić information content (AvgIpc) is 3.68. The van der Waals surface area contributed by atoms with Crippen LogP contribution in [0.15, 0.2) is 243 Å². The molecule has 2 heteroatoms. The first-order chi connectivity index (χ1) is 30.7. The SMILES string of the molecule is c1cc(-c2ccc(N(c3ccc(-c4cccc5ccccc45)cc3)c3ccc4c(ccc5ccccc54)c3)cc2)cc(-c2ccccc2-n2c3ccccc3c3ccccc32)c1. The molecule has 1 heterocycles. The normalized spacial score (nSPS) is 11.5. The van der Waals surface area contributed by atoms with Gasteiger partial charge in [0.2, 0.25) is 0 Å². The van der Waals surface area contributed by atoms with Gasteiger partial charge in [0.15, 0.2) is 0 Å². The summed E-state index contributed by atoms with van der Waals surface area (Å²) in [6, 6.07) is 88.5. The predicted octanol–water partition coefficient (Wildman–Crippen LogP) is 16.7. The maximum Gasteiger partial charge on any atom is 0.0541 e. The van der Waals surface area contributed by atoms with E-state index in [-0.39, 0.29) is 0 Å². The molecule has 0 aliphatic rings. The summed E-state index contributed by atoms with van der Waals surface area (Å²) in [5.74, 6) is 0. The molecule has 0 radical (unpaired) electrons. The van der Waals surface area contributed by atoms with Gasteiger partial charge in [-0.25, -0.2) is 0 Å². The lowest BCUT2D eigenvalue weighted by Gasteiger charge is -2.26. The van der Waals surface area contributed by atoms with Crippen molar-refractivity contribution in [1.82, 2.24) is 4.57 Å². The minimum atomic E-state index is 1.10. The highest BCUT2D eigenvalue weighted by Crippen LogP contribution is 2.41. The van der Waals surface area contributed by atoms with E-state index in [2.05, 4.69) is 252 Å². The Morgan fingerprint density at radius 1 is 0.258 bits per heavy atom. The van der Waals surface area contributed by atoms with Gasteiger partial charge in [0.1, 0.15) is 0 Å². The number of para-hydroxylation sites is 3. The molecule has 0 aliphatic carbocycles. The molecule has 0 unspecified atom stereocenters. The summed E-state index contributed by atoms with van der Waals surface area (Å²) in [4.78, 5) is 2.38. The molecular weight excluding hydrogens is 749 g/mol. The first-order valence-electron chi connectivity index (χ1n) is 21.3. The van der Waals surface area contributed by atoms with Crippen LogP contribution in [0, 0.1) is 0 Å². The standard InChI is InChI=1S/C60H40N2/c1-3-18-51-42(13-1)15-12-23-53(51)44-31-35-49(36-32-44)61(50-37-38-54-47(40-50)28-27-43-14-2-4-19-52(43)54)48-33-29-41(30-34-48)45-16-11-17-46(39-45)55-20-5-8-24-58(55)62-59-25-9-6-21-56(59)57-22-7-10-26-60(57)62/h1-40H. The lowest BCUT2D eigenvalue weighted by Crippen LogP contribution is -2.09. The van der Waals surface area contributed by atoms with E-state index in [4.69, 9.17) is 0 Å². The third-order valence-corrected chi connectivity index (χ3v) is 12.6. The molecule has 1 aromatic heterocycles. The number of hydrogen-bond acceptors (Lipinski definition) is 1. The molecule has 12 aromatic rings. The fourth-order valence-electron chi connectivity index (χ4n) is 9.62. The van der Waals surface area contributed by atoms with Gasteiger partial charge < -0.3 is 9.47 Å². The minimum absolute atomic E-state index is 1.10. The molecule has 11 aromatic carbocycles. The summed E-state index contributed by atoms with van der Waals surface area (Å²) < 4.78 is 2.42. The highest BCUT2D eigenvalue weighted by molar-refractivity contribution is 6.10. The third kappa shape index (κ3) is 6.04. The molecular formula is C60H40N2. The first kappa shape index (κ1) is 35.7. The molecule has 0 atom stereocenters. The van der Waals surface area contributed by atoms with Gasteiger partial charge in [-0.3, -0.25) is 0 Å². The molecule has 0 fully saturated rings. The second-order valence-electron chi connectivity index (χ2n) is 16.1. The quantitative estimate of drug-likeness (QED) is 0.146. The topological polar surface area (TPSA) is 8.17 Å². The van der Waals surface area contributed by atoms with Gasteiger partial charge in [-0.05, 0) is 121 Å². The van der Waals surface area contributed by atoms with Crippen LogP contribution in [0.25, 0.3) is 93.2 Å². The lowest BCUT2D eigenvalue weighted by atomic mass is 9.97. The van der Waals surface area contributed by atoms with Crippen molar-refractivity contribution in [3.05, 3.63) is 243 Å². The molecule has 290 valence electrons. The summed E-state index contributed by atoms with van der Waals surface area (Å²) in [7, 11) is 0. The molecule has 0 N–H and O–H groups in total.